The lowest BCUT2D eigenvalue weighted by Crippen LogP contribution is -2.14. The van der Waals surface area contributed by atoms with Crippen molar-refractivity contribution in [3.05, 3.63) is 24.9 Å². The van der Waals surface area contributed by atoms with Gasteiger partial charge in [0.2, 0.25) is 5.95 Å². The third-order valence-electron chi connectivity index (χ3n) is 5.04. The van der Waals surface area contributed by atoms with Crippen molar-refractivity contribution in [2.24, 2.45) is 5.92 Å². The lowest BCUT2D eigenvalue weighted by Gasteiger charge is -2.21. The lowest BCUT2D eigenvalue weighted by molar-refractivity contribution is 0.210. The summed E-state index contributed by atoms with van der Waals surface area (Å²) >= 11 is 0. The summed E-state index contributed by atoms with van der Waals surface area (Å²) in [5.41, 5.74) is 3.12. The number of hydrogen-bond acceptors (Lipinski definition) is 7. The average Bonchev–Trinajstić information content (AvgIpc) is 3.11. The molecule has 0 aromatic carbocycles. The Morgan fingerprint density at radius 3 is 2.67 bits per heavy atom. The molecule has 1 N–H and O–H groups in total. The molecule has 1 aliphatic carbocycles. The van der Waals surface area contributed by atoms with Gasteiger partial charge in [0.05, 0.1) is 24.8 Å². The molecule has 1 aliphatic rings. The Bertz CT molecular complexity index is 871. The summed E-state index contributed by atoms with van der Waals surface area (Å²) < 4.78 is 7.15. The Kier molecular flexibility index (Phi) is 5.53. The van der Waals surface area contributed by atoms with Crippen LogP contribution in [0.1, 0.15) is 32.1 Å². The number of nitrogens with zero attached hydrogens (tertiary/aromatic N) is 6. The second kappa shape index (κ2) is 8.39. The van der Waals surface area contributed by atoms with Crippen LogP contribution in [-0.2, 0) is 11.3 Å². The summed E-state index contributed by atoms with van der Waals surface area (Å²) in [5, 5.41) is 3.11. The molecule has 4 rings (SSSR count). The van der Waals surface area contributed by atoms with Gasteiger partial charge in [-0.2, -0.15) is 0 Å². The van der Waals surface area contributed by atoms with Gasteiger partial charge in [-0.05, 0) is 18.8 Å². The van der Waals surface area contributed by atoms with Crippen LogP contribution < -0.4 is 5.32 Å². The standard InChI is InChI=1S/C19H25N7O/c1-27-8-7-20-19-22-9-15(10-23-19)16-11-21-17-18(25-16)26(13-24-17)12-14-5-3-2-4-6-14/h9-11,13-14H,2-8,12H2,1H3,(H,20,22,23). The first-order valence-corrected chi connectivity index (χ1v) is 9.56. The van der Waals surface area contributed by atoms with E-state index in [9.17, 15) is 0 Å². The fourth-order valence-corrected chi connectivity index (χ4v) is 3.57. The van der Waals surface area contributed by atoms with E-state index in [1.807, 2.05) is 6.33 Å². The predicted octanol–water partition coefficient (Wildman–Crippen LogP) is 2.92. The minimum Gasteiger partial charge on any atom is -0.383 e. The van der Waals surface area contributed by atoms with Crippen LogP contribution >= 0.6 is 0 Å². The van der Waals surface area contributed by atoms with Crippen molar-refractivity contribution in [3.8, 4) is 11.3 Å². The molecular weight excluding hydrogens is 342 g/mol. The number of hydrogen-bond donors (Lipinski definition) is 1. The van der Waals surface area contributed by atoms with Gasteiger partial charge in [0, 0.05) is 38.2 Å². The van der Waals surface area contributed by atoms with E-state index in [1.54, 1.807) is 25.7 Å². The Morgan fingerprint density at radius 2 is 1.89 bits per heavy atom. The van der Waals surface area contributed by atoms with Gasteiger partial charge in [-0.1, -0.05) is 19.3 Å². The van der Waals surface area contributed by atoms with Crippen LogP contribution in [-0.4, -0.2) is 49.7 Å². The summed E-state index contributed by atoms with van der Waals surface area (Å²) in [6.07, 6.45) is 13.7. The molecule has 8 heteroatoms. The van der Waals surface area contributed by atoms with Crippen molar-refractivity contribution in [2.75, 3.05) is 25.6 Å². The molecule has 142 valence electrons. The van der Waals surface area contributed by atoms with E-state index in [0.29, 0.717) is 30.7 Å². The van der Waals surface area contributed by atoms with Crippen LogP contribution in [0.25, 0.3) is 22.6 Å². The van der Waals surface area contributed by atoms with Gasteiger partial charge in [0.25, 0.3) is 0 Å². The van der Waals surface area contributed by atoms with Crippen LogP contribution in [0.5, 0.6) is 0 Å². The first-order valence-electron chi connectivity index (χ1n) is 9.56. The summed E-state index contributed by atoms with van der Waals surface area (Å²) in [5.74, 6) is 1.29. The summed E-state index contributed by atoms with van der Waals surface area (Å²) in [4.78, 5) is 22.4. The van der Waals surface area contributed by atoms with Gasteiger partial charge >= 0.3 is 0 Å². The molecular formula is C19H25N7O. The topological polar surface area (TPSA) is 90.6 Å². The first-order chi connectivity index (χ1) is 13.3. The zero-order valence-electron chi connectivity index (χ0n) is 15.6. The maximum Gasteiger partial charge on any atom is 0.222 e. The summed E-state index contributed by atoms with van der Waals surface area (Å²) in [7, 11) is 1.67. The Balaban J connectivity index is 1.52. The zero-order chi connectivity index (χ0) is 18.5. The van der Waals surface area contributed by atoms with Crippen molar-refractivity contribution in [1.29, 1.82) is 0 Å². The van der Waals surface area contributed by atoms with Gasteiger partial charge in [-0.25, -0.2) is 24.9 Å². The van der Waals surface area contributed by atoms with Crippen molar-refractivity contribution in [3.63, 3.8) is 0 Å². The lowest BCUT2D eigenvalue weighted by atomic mass is 9.89. The van der Waals surface area contributed by atoms with E-state index in [4.69, 9.17) is 9.72 Å². The quantitative estimate of drug-likeness (QED) is 0.642. The molecule has 0 atom stereocenters. The van der Waals surface area contributed by atoms with E-state index in [2.05, 4.69) is 29.8 Å². The Hall–Kier alpha value is -2.61. The van der Waals surface area contributed by atoms with Gasteiger partial charge in [0.15, 0.2) is 11.3 Å². The maximum atomic E-state index is 5.01. The van der Waals surface area contributed by atoms with Crippen LogP contribution in [0.4, 0.5) is 5.95 Å². The molecule has 0 aliphatic heterocycles. The predicted molar refractivity (Wildman–Crippen MR) is 103 cm³/mol. The number of anilines is 1. The van der Waals surface area contributed by atoms with E-state index in [1.165, 1.54) is 32.1 Å². The normalized spacial score (nSPS) is 15.3. The number of fused-ring (bicyclic) bond motifs is 1. The third kappa shape index (κ3) is 4.21. The van der Waals surface area contributed by atoms with Gasteiger partial charge in [-0.15, -0.1) is 0 Å². The van der Waals surface area contributed by atoms with Crippen LogP contribution in [0, 0.1) is 5.92 Å². The van der Waals surface area contributed by atoms with E-state index in [-0.39, 0.29) is 0 Å². The highest BCUT2D eigenvalue weighted by Crippen LogP contribution is 2.26. The first kappa shape index (κ1) is 17.8. The van der Waals surface area contributed by atoms with Gasteiger partial charge in [0.1, 0.15) is 0 Å². The second-order valence-corrected chi connectivity index (χ2v) is 7.02. The molecule has 0 unspecified atom stereocenters. The molecule has 8 nitrogen and oxygen atoms in total. The zero-order valence-corrected chi connectivity index (χ0v) is 15.6. The molecule has 3 aromatic rings. The summed E-state index contributed by atoms with van der Waals surface area (Å²) in [6, 6.07) is 0. The molecule has 1 fully saturated rings. The minimum absolute atomic E-state index is 0.576. The molecule has 27 heavy (non-hydrogen) atoms. The number of ether oxygens (including phenoxy) is 1. The van der Waals surface area contributed by atoms with Gasteiger partial charge < -0.3 is 14.6 Å². The Labute approximate surface area is 158 Å². The maximum absolute atomic E-state index is 5.01. The highest BCUT2D eigenvalue weighted by molar-refractivity contribution is 5.70. The van der Waals surface area contributed by atoms with E-state index >= 15 is 0 Å². The molecule has 3 aromatic heterocycles. The number of nitrogens with one attached hydrogen (secondary N) is 1. The molecule has 0 bridgehead atoms. The highest BCUT2D eigenvalue weighted by atomic mass is 16.5. The smallest absolute Gasteiger partial charge is 0.222 e. The molecule has 1 saturated carbocycles. The van der Waals surface area contributed by atoms with Gasteiger partial charge in [-0.3, -0.25) is 0 Å². The molecule has 0 amide bonds. The number of methoxy groups -OCH3 is 1. The van der Waals surface area contributed by atoms with Crippen LogP contribution in [0.2, 0.25) is 0 Å². The molecule has 3 heterocycles. The number of rotatable bonds is 7. The van der Waals surface area contributed by atoms with Crippen LogP contribution in [0.3, 0.4) is 0 Å². The number of imidazole rings is 1. The summed E-state index contributed by atoms with van der Waals surface area (Å²) in [6.45, 7) is 2.24. The minimum atomic E-state index is 0.576. The van der Waals surface area contributed by atoms with E-state index in [0.717, 1.165) is 23.4 Å². The monoisotopic (exact) mass is 367 g/mol. The number of aromatic nitrogens is 6. The highest BCUT2D eigenvalue weighted by Gasteiger charge is 2.16. The van der Waals surface area contributed by atoms with Crippen molar-refractivity contribution >= 4 is 17.2 Å². The fraction of sp³-hybridized carbons (Fsp3) is 0.526. The van der Waals surface area contributed by atoms with Crippen molar-refractivity contribution in [1.82, 2.24) is 29.5 Å². The SMILES string of the molecule is COCCNc1ncc(-c2cnc3ncn(CC4CCCCC4)c3n2)cn1. The average molecular weight is 367 g/mol. The van der Waals surface area contributed by atoms with E-state index < -0.39 is 0 Å². The second-order valence-electron chi connectivity index (χ2n) is 7.02. The molecule has 0 radical (unpaired) electrons. The fourth-order valence-electron chi connectivity index (χ4n) is 3.57. The van der Waals surface area contributed by atoms with Crippen molar-refractivity contribution < 1.29 is 4.74 Å². The molecule has 0 spiro atoms. The Morgan fingerprint density at radius 1 is 1.07 bits per heavy atom. The van der Waals surface area contributed by atoms with Crippen molar-refractivity contribution in [2.45, 2.75) is 38.6 Å². The third-order valence-corrected chi connectivity index (χ3v) is 5.04. The van der Waals surface area contributed by atoms with Crippen LogP contribution in [0.15, 0.2) is 24.9 Å². The largest absolute Gasteiger partial charge is 0.383 e. The molecule has 0 saturated heterocycles.